The number of carbonyl (C=O) groups is 1. The lowest BCUT2D eigenvalue weighted by Crippen LogP contribution is -2.47. The Labute approximate surface area is 130 Å². The summed E-state index contributed by atoms with van der Waals surface area (Å²) in [7, 11) is 0. The third-order valence-electron chi connectivity index (χ3n) is 3.72. The number of nitrogens with zero attached hydrogens (tertiary/aromatic N) is 1. The van der Waals surface area contributed by atoms with Crippen LogP contribution in [-0.4, -0.2) is 35.4 Å². The van der Waals surface area contributed by atoms with Crippen LogP contribution in [-0.2, 0) is 11.2 Å². The zero-order chi connectivity index (χ0) is 16.4. The van der Waals surface area contributed by atoms with Gasteiger partial charge in [0.1, 0.15) is 17.1 Å². The van der Waals surface area contributed by atoms with Gasteiger partial charge in [0.25, 0.3) is 0 Å². The normalized spacial score (nSPS) is 18.1. The number of piperidine rings is 1. The van der Waals surface area contributed by atoms with Gasteiger partial charge in [-0.3, -0.25) is 0 Å². The van der Waals surface area contributed by atoms with Crippen LogP contribution in [0.3, 0.4) is 0 Å². The van der Waals surface area contributed by atoms with Gasteiger partial charge in [0, 0.05) is 19.5 Å². The molecule has 3 nitrogen and oxygen atoms in total. The summed E-state index contributed by atoms with van der Waals surface area (Å²) in [5, 5.41) is 0. The van der Waals surface area contributed by atoms with Crippen molar-refractivity contribution >= 4 is 6.09 Å². The molecule has 1 amide bonds. The standard InChI is InChI=1S/C17H23F2NO2/c1-16(2,3)22-15(21)20-9-7-17(19,8-10-20)12-13-5-4-6-14(18)11-13/h4-6,11H,7-10,12H2,1-3H3. The van der Waals surface area contributed by atoms with Crippen LogP contribution in [0.5, 0.6) is 0 Å². The second-order valence-electron chi connectivity index (χ2n) is 6.92. The minimum Gasteiger partial charge on any atom is -0.444 e. The highest BCUT2D eigenvalue weighted by Gasteiger charge is 2.37. The van der Waals surface area contributed by atoms with E-state index < -0.39 is 17.4 Å². The van der Waals surface area contributed by atoms with Crippen molar-refractivity contribution in [3.63, 3.8) is 0 Å². The van der Waals surface area contributed by atoms with E-state index in [-0.39, 0.29) is 25.1 Å². The van der Waals surface area contributed by atoms with Crippen LogP contribution in [0.25, 0.3) is 0 Å². The fourth-order valence-corrected chi connectivity index (χ4v) is 2.61. The van der Waals surface area contributed by atoms with Crippen LogP contribution in [0, 0.1) is 5.82 Å². The fraction of sp³-hybridized carbons (Fsp3) is 0.588. The van der Waals surface area contributed by atoms with Gasteiger partial charge >= 0.3 is 6.09 Å². The minimum absolute atomic E-state index is 0.174. The molecule has 0 N–H and O–H groups in total. The van der Waals surface area contributed by atoms with E-state index in [1.54, 1.807) is 32.9 Å². The predicted octanol–water partition coefficient (Wildman–Crippen LogP) is 4.11. The topological polar surface area (TPSA) is 29.5 Å². The number of amides is 1. The SMILES string of the molecule is CC(C)(C)OC(=O)N1CCC(F)(Cc2cccc(F)c2)CC1. The molecule has 0 radical (unpaired) electrons. The Balaban J connectivity index is 1.91. The fourth-order valence-electron chi connectivity index (χ4n) is 2.61. The average Bonchev–Trinajstić information content (AvgIpc) is 2.36. The van der Waals surface area contributed by atoms with Gasteiger partial charge in [0.05, 0.1) is 0 Å². The molecule has 0 atom stereocenters. The maximum absolute atomic E-state index is 14.9. The Morgan fingerprint density at radius 1 is 1.32 bits per heavy atom. The van der Waals surface area contributed by atoms with Crippen LogP contribution in [0.1, 0.15) is 39.2 Å². The van der Waals surface area contributed by atoms with Gasteiger partial charge in [-0.2, -0.15) is 0 Å². The van der Waals surface area contributed by atoms with E-state index in [2.05, 4.69) is 0 Å². The Morgan fingerprint density at radius 2 is 1.95 bits per heavy atom. The Hall–Kier alpha value is -1.65. The van der Waals surface area contributed by atoms with Gasteiger partial charge in [0.15, 0.2) is 0 Å². The van der Waals surface area contributed by atoms with Crippen molar-refractivity contribution in [1.29, 1.82) is 0 Å². The number of rotatable bonds is 2. The summed E-state index contributed by atoms with van der Waals surface area (Å²) in [6.45, 7) is 6.05. The van der Waals surface area contributed by atoms with E-state index in [9.17, 15) is 13.6 Å². The zero-order valence-electron chi connectivity index (χ0n) is 13.4. The quantitative estimate of drug-likeness (QED) is 0.822. The smallest absolute Gasteiger partial charge is 0.410 e. The first-order chi connectivity index (χ1) is 10.2. The molecule has 0 aliphatic carbocycles. The predicted molar refractivity (Wildman–Crippen MR) is 81.0 cm³/mol. The Morgan fingerprint density at radius 3 is 2.50 bits per heavy atom. The van der Waals surface area contributed by atoms with Crippen LogP contribution >= 0.6 is 0 Å². The first-order valence-electron chi connectivity index (χ1n) is 7.58. The van der Waals surface area contributed by atoms with Crippen LogP contribution in [0.2, 0.25) is 0 Å². The van der Waals surface area contributed by atoms with E-state index >= 15 is 0 Å². The molecule has 1 fully saturated rings. The van der Waals surface area contributed by atoms with Gasteiger partial charge in [0.2, 0.25) is 0 Å². The number of ether oxygens (including phenoxy) is 1. The van der Waals surface area contributed by atoms with Crippen LogP contribution < -0.4 is 0 Å². The molecule has 1 aromatic rings. The maximum Gasteiger partial charge on any atom is 0.410 e. The van der Waals surface area contributed by atoms with Crippen LogP contribution in [0.4, 0.5) is 13.6 Å². The molecule has 0 saturated carbocycles. The van der Waals surface area contributed by atoms with Crippen molar-refractivity contribution in [3.8, 4) is 0 Å². The molecule has 22 heavy (non-hydrogen) atoms. The van der Waals surface area contributed by atoms with E-state index in [4.69, 9.17) is 4.74 Å². The monoisotopic (exact) mass is 311 g/mol. The maximum atomic E-state index is 14.9. The number of hydrogen-bond donors (Lipinski definition) is 0. The van der Waals surface area contributed by atoms with E-state index in [1.165, 1.54) is 17.0 Å². The lowest BCUT2D eigenvalue weighted by Gasteiger charge is -2.37. The number of benzene rings is 1. The first-order valence-corrected chi connectivity index (χ1v) is 7.58. The number of likely N-dealkylation sites (tertiary alicyclic amines) is 1. The first kappa shape index (κ1) is 16.7. The average molecular weight is 311 g/mol. The summed E-state index contributed by atoms with van der Waals surface area (Å²) in [6.07, 6.45) is 0.249. The van der Waals surface area contributed by atoms with Gasteiger partial charge in [-0.15, -0.1) is 0 Å². The zero-order valence-corrected chi connectivity index (χ0v) is 13.4. The van der Waals surface area contributed by atoms with Crippen molar-refractivity contribution in [3.05, 3.63) is 35.6 Å². The number of alkyl halides is 1. The molecule has 1 aliphatic heterocycles. The second-order valence-corrected chi connectivity index (χ2v) is 6.92. The summed E-state index contributed by atoms with van der Waals surface area (Å²) in [4.78, 5) is 13.5. The number of halogens is 2. The van der Waals surface area contributed by atoms with Gasteiger partial charge in [-0.05, 0) is 51.3 Å². The molecular weight excluding hydrogens is 288 g/mol. The molecule has 0 aromatic heterocycles. The highest BCUT2D eigenvalue weighted by Crippen LogP contribution is 2.31. The molecule has 0 bridgehead atoms. The highest BCUT2D eigenvalue weighted by atomic mass is 19.1. The van der Waals surface area contributed by atoms with Crippen molar-refractivity contribution in [2.24, 2.45) is 0 Å². The molecule has 1 aliphatic rings. The molecule has 5 heteroatoms. The lowest BCUT2D eigenvalue weighted by molar-refractivity contribution is 0.00339. The van der Waals surface area contributed by atoms with E-state index in [0.29, 0.717) is 18.7 Å². The third kappa shape index (κ3) is 4.68. The van der Waals surface area contributed by atoms with Gasteiger partial charge in [-0.25, -0.2) is 13.6 Å². The van der Waals surface area contributed by atoms with Crippen molar-refractivity contribution < 1.29 is 18.3 Å². The largest absolute Gasteiger partial charge is 0.444 e. The van der Waals surface area contributed by atoms with Crippen molar-refractivity contribution in [2.45, 2.75) is 51.3 Å². The second kappa shape index (κ2) is 6.23. The summed E-state index contributed by atoms with van der Waals surface area (Å²) < 4.78 is 33.3. The number of carbonyl (C=O) groups excluding carboxylic acids is 1. The molecule has 1 saturated heterocycles. The molecule has 0 spiro atoms. The number of hydrogen-bond acceptors (Lipinski definition) is 2. The summed E-state index contributed by atoms with van der Waals surface area (Å²) in [5.41, 5.74) is -1.30. The molecule has 1 heterocycles. The third-order valence-corrected chi connectivity index (χ3v) is 3.72. The molecular formula is C17H23F2NO2. The van der Waals surface area contributed by atoms with Gasteiger partial charge in [-0.1, -0.05) is 12.1 Å². The summed E-state index contributed by atoms with van der Waals surface area (Å²) >= 11 is 0. The van der Waals surface area contributed by atoms with Crippen molar-refractivity contribution in [2.75, 3.05) is 13.1 Å². The minimum atomic E-state index is -1.40. The molecule has 122 valence electrons. The Kier molecular flexibility index (Phi) is 4.73. The lowest BCUT2D eigenvalue weighted by atomic mass is 9.87. The highest BCUT2D eigenvalue weighted by molar-refractivity contribution is 5.68. The van der Waals surface area contributed by atoms with Crippen LogP contribution in [0.15, 0.2) is 24.3 Å². The summed E-state index contributed by atoms with van der Waals surface area (Å²) in [6, 6.07) is 6.02. The molecule has 1 aromatic carbocycles. The summed E-state index contributed by atoms with van der Waals surface area (Å²) in [5.74, 6) is -0.354. The van der Waals surface area contributed by atoms with Crippen molar-refractivity contribution in [1.82, 2.24) is 4.90 Å². The van der Waals surface area contributed by atoms with Gasteiger partial charge < -0.3 is 9.64 Å². The van der Waals surface area contributed by atoms with E-state index in [1.807, 2.05) is 0 Å². The molecule has 0 unspecified atom stereocenters. The Bertz CT molecular complexity index is 532. The van der Waals surface area contributed by atoms with E-state index in [0.717, 1.165) is 0 Å². The molecule has 2 rings (SSSR count).